The third-order valence-corrected chi connectivity index (χ3v) is 6.91. The van der Waals surface area contributed by atoms with E-state index in [1.54, 1.807) is 13.0 Å². The van der Waals surface area contributed by atoms with Crippen molar-refractivity contribution in [1.82, 2.24) is 10.2 Å². The van der Waals surface area contributed by atoms with Crippen LogP contribution >= 0.6 is 0 Å². The second-order valence-electron chi connectivity index (χ2n) is 8.70. The van der Waals surface area contributed by atoms with E-state index in [0.717, 1.165) is 40.1 Å². The summed E-state index contributed by atoms with van der Waals surface area (Å²) < 4.78 is 26.4. The molecule has 2 aromatic carbocycles. The molecule has 0 saturated heterocycles. The first-order valence-corrected chi connectivity index (χ1v) is 13.6. The quantitative estimate of drug-likeness (QED) is 0.465. The van der Waals surface area contributed by atoms with Crippen molar-refractivity contribution in [3.63, 3.8) is 0 Å². The average Bonchev–Trinajstić information content (AvgIpc) is 2.78. The Bertz CT molecular complexity index is 1070. The van der Waals surface area contributed by atoms with Gasteiger partial charge in [0.1, 0.15) is 12.6 Å². The van der Waals surface area contributed by atoms with E-state index in [1.165, 1.54) is 4.90 Å². The Balaban J connectivity index is 2.30. The molecule has 7 nitrogen and oxygen atoms in total. The molecule has 0 fully saturated rings. The van der Waals surface area contributed by atoms with Crippen LogP contribution in [0.1, 0.15) is 43.4 Å². The molecule has 0 aliphatic carbocycles. The van der Waals surface area contributed by atoms with Crippen LogP contribution < -0.4 is 9.62 Å². The number of amides is 2. The molecule has 2 amide bonds. The lowest BCUT2D eigenvalue weighted by atomic mass is 10.1. The van der Waals surface area contributed by atoms with E-state index < -0.39 is 22.0 Å². The van der Waals surface area contributed by atoms with Crippen LogP contribution in [-0.4, -0.2) is 57.1 Å². The van der Waals surface area contributed by atoms with Crippen LogP contribution in [0.2, 0.25) is 0 Å². The molecule has 0 aromatic heterocycles. The molecule has 8 heteroatoms. The fraction of sp³-hybridized carbons (Fsp3) is 0.462. The normalized spacial score (nSPS) is 12.1. The standard InChI is InChI=1S/C26H37N3O4S/c1-6-7-16-27-26(31)22(4)28(17-15-23-11-9-8-10-12-23)25(30)19-29(34(5,32)33)24-14-13-20(2)18-21(24)3/h8-14,18,22H,6-7,15-17,19H2,1-5H3,(H,27,31)/t22-/m1/s1. The summed E-state index contributed by atoms with van der Waals surface area (Å²) in [5.41, 5.74) is 3.26. The molecule has 0 heterocycles. The Hall–Kier alpha value is -2.87. The molecule has 0 unspecified atom stereocenters. The Kier molecular flexibility index (Phi) is 10.1. The first-order valence-electron chi connectivity index (χ1n) is 11.7. The van der Waals surface area contributed by atoms with Gasteiger partial charge in [-0.2, -0.15) is 0 Å². The first kappa shape index (κ1) is 27.4. The van der Waals surface area contributed by atoms with Crippen molar-refractivity contribution in [3.8, 4) is 0 Å². The minimum Gasteiger partial charge on any atom is -0.354 e. The average molecular weight is 488 g/mol. The highest BCUT2D eigenvalue weighted by Gasteiger charge is 2.30. The van der Waals surface area contributed by atoms with E-state index in [2.05, 4.69) is 5.32 Å². The molecule has 186 valence electrons. The zero-order chi connectivity index (χ0) is 25.3. The summed E-state index contributed by atoms with van der Waals surface area (Å²) in [6.07, 6.45) is 3.45. The monoisotopic (exact) mass is 487 g/mol. The molecule has 2 aromatic rings. The van der Waals surface area contributed by atoms with Crippen LogP contribution in [0.15, 0.2) is 48.5 Å². The minimum absolute atomic E-state index is 0.243. The number of hydrogen-bond acceptors (Lipinski definition) is 4. The number of anilines is 1. The van der Waals surface area contributed by atoms with E-state index in [0.29, 0.717) is 25.2 Å². The maximum absolute atomic E-state index is 13.5. The molecule has 0 saturated carbocycles. The van der Waals surface area contributed by atoms with Gasteiger partial charge in [0, 0.05) is 13.1 Å². The summed E-state index contributed by atoms with van der Waals surface area (Å²) in [7, 11) is -3.73. The molecule has 1 N–H and O–H groups in total. The van der Waals surface area contributed by atoms with Gasteiger partial charge in [-0.25, -0.2) is 8.42 Å². The van der Waals surface area contributed by atoms with Crippen LogP contribution in [-0.2, 0) is 26.0 Å². The molecule has 0 aliphatic rings. The number of hydrogen-bond donors (Lipinski definition) is 1. The van der Waals surface area contributed by atoms with Gasteiger partial charge in [-0.15, -0.1) is 0 Å². The number of nitrogens with zero attached hydrogens (tertiary/aromatic N) is 2. The Morgan fingerprint density at radius 2 is 1.74 bits per heavy atom. The second kappa shape index (κ2) is 12.6. The van der Waals surface area contributed by atoms with Gasteiger partial charge >= 0.3 is 0 Å². The largest absolute Gasteiger partial charge is 0.354 e. The van der Waals surface area contributed by atoms with Gasteiger partial charge in [0.2, 0.25) is 21.8 Å². The molecule has 0 radical (unpaired) electrons. The van der Waals surface area contributed by atoms with E-state index in [9.17, 15) is 18.0 Å². The maximum atomic E-state index is 13.5. The summed E-state index contributed by atoms with van der Waals surface area (Å²) in [5, 5.41) is 2.88. The molecule has 2 rings (SSSR count). The van der Waals surface area contributed by atoms with Gasteiger partial charge in [0.25, 0.3) is 0 Å². The Morgan fingerprint density at radius 3 is 2.32 bits per heavy atom. The van der Waals surface area contributed by atoms with Crippen LogP contribution in [0.25, 0.3) is 0 Å². The predicted molar refractivity (Wildman–Crippen MR) is 137 cm³/mol. The van der Waals surface area contributed by atoms with Gasteiger partial charge in [-0.3, -0.25) is 13.9 Å². The fourth-order valence-electron chi connectivity index (χ4n) is 3.79. The maximum Gasteiger partial charge on any atom is 0.244 e. The third kappa shape index (κ3) is 7.87. The van der Waals surface area contributed by atoms with Crippen LogP contribution in [0, 0.1) is 13.8 Å². The number of rotatable bonds is 12. The van der Waals surface area contributed by atoms with Crippen LogP contribution in [0.3, 0.4) is 0 Å². The smallest absolute Gasteiger partial charge is 0.244 e. The SMILES string of the molecule is CCCCNC(=O)[C@@H](C)N(CCc1ccccc1)C(=O)CN(c1ccc(C)cc1C)S(C)(=O)=O. The zero-order valence-corrected chi connectivity index (χ0v) is 21.7. The number of unbranched alkanes of at least 4 members (excludes halogenated alkanes) is 1. The molecule has 34 heavy (non-hydrogen) atoms. The molecule has 1 atom stereocenters. The topological polar surface area (TPSA) is 86.8 Å². The van der Waals surface area contributed by atoms with E-state index in [-0.39, 0.29) is 12.5 Å². The fourth-order valence-corrected chi connectivity index (χ4v) is 4.69. The van der Waals surface area contributed by atoms with Crippen molar-refractivity contribution >= 4 is 27.5 Å². The summed E-state index contributed by atoms with van der Waals surface area (Å²) in [5.74, 6) is -0.660. The zero-order valence-electron chi connectivity index (χ0n) is 20.9. The predicted octanol–water partition coefficient (Wildman–Crippen LogP) is 3.45. The molecule has 0 aliphatic heterocycles. The van der Waals surface area contributed by atoms with E-state index in [1.807, 2.05) is 63.2 Å². The number of carbonyl (C=O) groups is 2. The second-order valence-corrected chi connectivity index (χ2v) is 10.6. The Morgan fingerprint density at radius 1 is 1.06 bits per heavy atom. The van der Waals surface area contributed by atoms with Gasteiger partial charge in [-0.05, 0) is 50.8 Å². The van der Waals surface area contributed by atoms with Crippen molar-refractivity contribution in [1.29, 1.82) is 0 Å². The summed E-state index contributed by atoms with van der Waals surface area (Å²) in [4.78, 5) is 27.8. The summed E-state index contributed by atoms with van der Waals surface area (Å²) >= 11 is 0. The van der Waals surface area contributed by atoms with Gasteiger partial charge in [0.05, 0.1) is 11.9 Å². The number of sulfonamides is 1. The Labute approximate surface area is 204 Å². The van der Waals surface area contributed by atoms with E-state index in [4.69, 9.17) is 0 Å². The number of aryl methyl sites for hydroxylation is 2. The van der Waals surface area contributed by atoms with Crippen LogP contribution in [0.5, 0.6) is 0 Å². The highest BCUT2D eigenvalue weighted by Crippen LogP contribution is 2.24. The summed E-state index contributed by atoms with van der Waals surface area (Å²) in [6.45, 7) is 7.95. The van der Waals surface area contributed by atoms with Crippen molar-refractivity contribution in [3.05, 3.63) is 65.2 Å². The van der Waals surface area contributed by atoms with Crippen molar-refractivity contribution in [2.24, 2.45) is 0 Å². The lowest BCUT2D eigenvalue weighted by Gasteiger charge is -2.32. The molecular formula is C26H37N3O4S. The van der Waals surface area contributed by atoms with Crippen molar-refractivity contribution in [2.75, 3.05) is 30.2 Å². The lowest BCUT2D eigenvalue weighted by Crippen LogP contribution is -2.52. The van der Waals surface area contributed by atoms with Crippen molar-refractivity contribution in [2.45, 2.75) is 53.0 Å². The minimum atomic E-state index is -3.73. The highest BCUT2D eigenvalue weighted by atomic mass is 32.2. The molecule has 0 bridgehead atoms. The first-order chi connectivity index (χ1) is 16.0. The van der Waals surface area contributed by atoms with Gasteiger partial charge in [-0.1, -0.05) is 61.4 Å². The molecular weight excluding hydrogens is 450 g/mol. The number of carbonyl (C=O) groups excluding carboxylic acids is 2. The van der Waals surface area contributed by atoms with Gasteiger partial charge in [0.15, 0.2) is 0 Å². The molecule has 0 spiro atoms. The number of nitrogens with one attached hydrogen (secondary N) is 1. The summed E-state index contributed by atoms with van der Waals surface area (Å²) in [6, 6.07) is 14.4. The third-order valence-electron chi connectivity index (χ3n) is 5.78. The van der Waals surface area contributed by atoms with E-state index >= 15 is 0 Å². The van der Waals surface area contributed by atoms with Gasteiger partial charge < -0.3 is 10.2 Å². The highest BCUT2D eigenvalue weighted by molar-refractivity contribution is 7.92. The number of benzene rings is 2. The lowest BCUT2D eigenvalue weighted by molar-refractivity contribution is -0.138. The van der Waals surface area contributed by atoms with Crippen LogP contribution in [0.4, 0.5) is 5.69 Å². The van der Waals surface area contributed by atoms with Crippen molar-refractivity contribution < 1.29 is 18.0 Å².